The fourth-order valence-corrected chi connectivity index (χ4v) is 8.55. The minimum absolute atomic E-state index is 0.0999. The lowest BCUT2D eigenvalue weighted by Crippen LogP contribution is -1.97. The predicted molar refractivity (Wildman–Crippen MR) is 239 cm³/mol. The molecule has 3 aromatic heterocycles. The van der Waals surface area contributed by atoms with Crippen LogP contribution in [0.2, 0.25) is 0 Å². The van der Waals surface area contributed by atoms with Crippen molar-refractivity contribution >= 4 is 65.6 Å². The Morgan fingerprint density at radius 1 is 0.368 bits per heavy atom. The monoisotopic (exact) mass is 733 g/mol. The highest BCUT2D eigenvalue weighted by atomic mass is 16.3. The van der Waals surface area contributed by atoms with Gasteiger partial charge in [-0.15, -0.1) is 0 Å². The van der Waals surface area contributed by atoms with Crippen molar-refractivity contribution in [2.24, 2.45) is 0 Å². The molecular formula is C54H34N2O. The minimum Gasteiger partial charge on any atom is -0.456 e. The van der Waals surface area contributed by atoms with Crippen LogP contribution in [0.3, 0.4) is 0 Å². The van der Waals surface area contributed by atoms with Gasteiger partial charge >= 0.3 is 0 Å². The molecule has 57 heavy (non-hydrogen) atoms. The fraction of sp³-hybridized carbons (Fsp3) is 0. The molecule has 0 amide bonds. The maximum absolute atomic E-state index is 9.96. The largest absolute Gasteiger partial charge is 0.456 e. The molecule has 3 heterocycles. The van der Waals surface area contributed by atoms with Crippen LogP contribution in [-0.4, -0.2) is 9.13 Å². The van der Waals surface area contributed by atoms with E-state index in [1.54, 1.807) is 10.6 Å². The molecule has 0 radical (unpaired) electrons. The van der Waals surface area contributed by atoms with Gasteiger partial charge in [-0.05, 0) is 94.5 Å². The van der Waals surface area contributed by atoms with E-state index in [0.717, 1.165) is 60.5 Å². The first kappa shape index (κ1) is 25.5. The summed E-state index contributed by atoms with van der Waals surface area (Å²) in [5, 5.41) is 3.95. The average Bonchev–Trinajstić information content (AvgIpc) is 4.00. The summed E-state index contributed by atoms with van der Waals surface area (Å²) in [6.07, 6.45) is 0. The maximum Gasteiger partial charge on any atom is 0.137 e. The highest BCUT2D eigenvalue weighted by molar-refractivity contribution is 6.14. The van der Waals surface area contributed by atoms with Crippen LogP contribution in [0, 0.1) is 0 Å². The minimum atomic E-state index is -0.439. The Kier molecular flexibility index (Phi) is 5.56. The third-order valence-electron chi connectivity index (χ3n) is 11.2. The number of furan rings is 1. The van der Waals surface area contributed by atoms with E-state index >= 15 is 0 Å². The molecule has 0 saturated carbocycles. The summed E-state index contributed by atoms with van der Waals surface area (Å²) in [4.78, 5) is 0. The summed E-state index contributed by atoms with van der Waals surface area (Å²) in [5.74, 6) is 0. The highest BCUT2D eigenvalue weighted by Gasteiger charge is 2.19. The van der Waals surface area contributed by atoms with E-state index < -0.39 is 12.1 Å². The Labute approximate surface area is 338 Å². The number of rotatable bonds is 5. The molecule has 3 heteroatoms. The Hall–Kier alpha value is -7.62. The molecule has 0 saturated heterocycles. The molecule has 12 aromatic rings. The van der Waals surface area contributed by atoms with E-state index in [4.69, 9.17) is 7.16 Å². The van der Waals surface area contributed by atoms with Crippen LogP contribution >= 0.6 is 0 Å². The van der Waals surface area contributed by atoms with Gasteiger partial charge in [-0.3, -0.25) is 0 Å². The van der Waals surface area contributed by atoms with Crippen molar-refractivity contribution in [2.45, 2.75) is 0 Å². The first-order valence-electron chi connectivity index (χ1n) is 22.4. The van der Waals surface area contributed by atoms with Crippen LogP contribution in [0.1, 0.15) is 9.60 Å². The molecule has 0 atom stereocenters. The van der Waals surface area contributed by atoms with Crippen LogP contribution in [0.5, 0.6) is 0 Å². The van der Waals surface area contributed by atoms with Crippen LogP contribution in [0.25, 0.3) is 110 Å². The van der Waals surface area contributed by atoms with Gasteiger partial charge in [-0.2, -0.15) is 0 Å². The SMILES string of the molecule is [2H]c1c([2H])c([2H])c2c(c1[2H])c1c([2H])c(-c3ccc4c(c3)c3cc(-c5ccccc5)ccc3n4-c3ccccc3-c3ccccc3)c([2H])c([2H])c1n2-c1ccc2c(c1)oc1ccccc12. The van der Waals surface area contributed by atoms with E-state index in [2.05, 4.69) is 59.2 Å². The van der Waals surface area contributed by atoms with Crippen molar-refractivity contribution in [1.82, 2.24) is 9.13 Å². The standard InChI is InChI=1S/C54H34N2O/c1-3-13-35(14-4-1)37-23-29-51-46(31-37)47-33-39(25-30-52(47)56(51)48-20-10-7-17-41(48)36-15-5-2-6-16-36)38-24-28-50-45(32-38)42-18-8-11-21-49(42)55(50)40-26-27-44-43-19-9-12-22-53(43)57-54(44)34-40/h1-34H/i8D,11D,18D,21D,24D,28D,32D. The van der Waals surface area contributed by atoms with E-state index in [-0.39, 0.29) is 57.6 Å². The summed E-state index contributed by atoms with van der Waals surface area (Å²) >= 11 is 0. The van der Waals surface area contributed by atoms with Gasteiger partial charge in [0.2, 0.25) is 0 Å². The summed E-state index contributed by atoms with van der Waals surface area (Å²) in [6.45, 7) is 0. The molecular weight excluding hydrogens is 693 g/mol. The molecule has 9 aromatic carbocycles. The second kappa shape index (κ2) is 12.5. The molecule has 0 aliphatic heterocycles. The van der Waals surface area contributed by atoms with Gasteiger partial charge in [0.1, 0.15) is 11.2 Å². The predicted octanol–water partition coefficient (Wildman–Crippen LogP) is 14.8. The number of para-hydroxylation sites is 3. The number of hydrogen-bond acceptors (Lipinski definition) is 1. The molecule has 0 bridgehead atoms. The number of fused-ring (bicyclic) bond motifs is 9. The van der Waals surface area contributed by atoms with Crippen LogP contribution in [0.4, 0.5) is 0 Å². The van der Waals surface area contributed by atoms with Gasteiger partial charge in [0.05, 0.1) is 37.3 Å². The van der Waals surface area contributed by atoms with Crippen LogP contribution in [-0.2, 0) is 0 Å². The van der Waals surface area contributed by atoms with Gasteiger partial charge in [0.25, 0.3) is 0 Å². The lowest BCUT2D eigenvalue weighted by atomic mass is 9.99. The summed E-state index contributed by atoms with van der Waals surface area (Å²) in [7, 11) is 0. The zero-order valence-electron chi connectivity index (χ0n) is 37.4. The molecule has 0 fully saturated rings. The lowest BCUT2D eigenvalue weighted by Gasteiger charge is -2.14. The molecule has 266 valence electrons. The van der Waals surface area contributed by atoms with Gasteiger partial charge in [-0.25, -0.2) is 0 Å². The summed E-state index contributed by atoms with van der Waals surface area (Å²) in [6, 6.07) is 52.4. The highest BCUT2D eigenvalue weighted by Crippen LogP contribution is 2.41. The van der Waals surface area contributed by atoms with E-state index in [1.807, 2.05) is 103 Å². The van der Waals surface area contributed by atoms with Gasteiger partial charge < -0.3 is 13.6 Å². The molecule has 3 nitrogen and oxygen atoms in total. The van der Waals surface area contributed by atoms with E-state index in [0.29, 0.717) is 22.4 Å². The average molecular weight is 734 g/mol. The Morgan fingerprint density at radius 3 is 1.82 bits per heavy atom. The zero-order chi connectivity index (χ0) is 43.5. The fourth-order valence-electron chi connectivity index (χ4n) is 8.55. The number of aromatic nitrogens is 2. The summed E-state index contributed by atoms with van der Waals surface area (Å²) < 4.78 is 75.3. The first-order chi connectivity index (χ1) is 31.2. The Balaban J connectivity index is 1.15. The van der Waals surface area contributed by atoms with Gasteiger partial charge in [0, 0.05) is 49.6 Å². The number of benzene rings is 9. The number of nitrogens with zero attached hydrogens (tertiary/aromatic N) is 2. The van der Waals surface area contributed by atoms with Crippen LogP contribution in [0.15, 0.2) is 211 Å². The second-order valence-electron chi connectivity index (χ2n) is 14.4. The third kappa shape index (κ3) is 4.92. The molecule has 0 spiro atoms. The van der Waals surface area contributed by atoms with Crippen molar-refractivity contribution < 1.29 is 14.0 Å². The smallest absolute Gasteiger partial charge is 0.137 e. The van der Waals surface area contributed by atoms with Crippen molar-refractivity contribution in [1.29, 1.82) is 0 Å². The quantitative estimate of drug-likeness (QED) is 0.173. The number of hydrogen-bond donors (Lipinski definition) is 0. The Morgan fingerprint density at radius 2 is 1.02 bits per heavy atom. The van der Waals surface area contributed by atoms with Crippen molar-refractivity contribution in [2.75, 3.05) is 0 Å². The van der Waals surface area contributed by atoms with Crippen LogP contribution < -0.4 is 0 Å². The molecule has 0 aliphatic rings. The maximum atomic E-state index is 9.96. The second-order valence-corrected chi connectivity index (χ2v) is 14.4. The zero-order valence-corrected chi connectivity index (χ0v) is 30.4. The lowest BCUT2D eigenvalue weighted by molar-refractivity contribution is 0.668. The third-order valence-corrected chi connectivity index (χ3v) is 11.2. The van der Waals surface area contributed by atoms with E-state index in [9.17, 15) is 6.85 Å². The van der Waals surface area contributed by atoms with Crippen molar-refractivity contribution in [3.8, 4) is 44.8 Å². The van der Waals surface area contributed by atoms with Crippen molar-refractivity contribution in [3.05, 3.63) is 206 Å². The van der Waals surface area contributed by atoms with E-state index in [1.165, 1.54) is 0 Å². The molecule has 0 unspecified atom stereocenters. The molecule has 12 rings (SSSR count). The normalized spacial score (nSPS) is 13.6. The topological polar surface area (TPSA) is 23.0 Å². The van der Waals surface area contributed by atoms with Gasteiger partial charge in [-0.1, -0.05) is 133 Å². The summed E-state index contributed by atoms with van der Waals surface area (Å²) in [5.41, 5.74) is 9.89. The van der Waals surface area contributed by atoms with Gasteiger partial charge in [0.15, 0.2) is 0 Å². The Bertz CT molecular complexity index is 3930. The van der Waals surface area contributed by atoms with Crippen molar-refractivity contribution in [3.63, 3.8) is 0 Å². The molecule has 0 N–H and O–H groups in total. The first-order valence-corrected chi connectivity index (χ1v) is 18.9. The molecule has 0 aliphatic carbocycles.